The molecule has 1 saturated heterocycles. The molecule has 1 aliphatic heterocycles. The number of thioether (sulfide) groups is 2. The normalized spacial score (nSPS) is 19.4. The van der Waals surface area contributed by atoms with Gasteiger partial charge in [-0.25, -0.2) is 0 Å². The summed E-state index contributed by atoms with van der Waals surface area (Å²) >= 11 is 4.11. The second-order valence-corrected chi connectivity index (χ2v) is 7.43. The molecule has 1 unspecified atom stereocenters. The summed E-state index contributed by atoms with van der Waals surface area (Å²) < 4.78 is 5.70. The van der Waals surface area contributed by atoms with E-state index >= 15 is 0 Å². The number of ether oxygens (including phenoxy) is 1. The van der Waals surface area contributed by atoms with Crippen LogP contribution in [0.5, 0.6) is 5.75 Å². The standard InChI is InChI=1S/C14H22N2OS2/c1-10(2)17-14-7-11(3-4-13(14)15)16-8-12-9-18-5-6-19-12/h3-4,7,10,12,16H,5-6,8-9,15H2,1-2H3. The fourth-order valence-corrected chi connectivity index (χ4v) is 4.50. The fourth-order valence-electron chi connectivity index (χ4n) is 1.89. The van der Waals surface area contributed by atoms with Crippen LogP contribution >= 0.6 is 23.5 Å². The summed E-state index contributed by atoms with van der Waals surface area (Å²) in [5, 5.41) is 4.19. The zero-order chi connectivity index (χ0) is 13.7. The van der Waals surface area contributed by atoms with Crippen LogP contribution in [-0.4, -0.2) is 35.2 Å². The van der Waals surface area contributed by atoms with Gasteiger partial charge in [-0.15, -0.1) is 0 Å². The molecule has 5 heteroatoms. The molecule has 0 amide bonds. The predicted molar refractivity (Wildman–Crippen MR) is 88.7 cm³/mol. The molecular weight excluding hydrogens is 276 g/mol. The van der Waals surface area contributed by atoms with Gasteiger partial charge in [-0.05, 0) is 26.0 Å². The van der Waals surface area contributed by atoms with Gasteiger partial charge in [0, 0.05) is 40.8 Å². The highest BCUT2D eigenvalue weighted by molar-refractivity contribution is 8.06. The van der Waals surface area contributed by atoms with E-state index in [4.69, 9.17) is 10.5 Å². The molecule has 1 fully saturated rings. The third kappa shape index (κ3) is 4.73. The van der Waals surface area contributed by atoms with E-state index in [1.54, 1.807) is 0 Å². The SMILES string of the molecule is CC(C)Oc1cc(NCC2CSCCS2)ccc1N. The molecule has 0 saturated carbocycles. The molecule has 1 heterocycles. The molecule has 0 aromatic heterocycles. The first kappa shape index (κ1) is 14.7. The zero-order valence-electron chi connectivity index (χ0n) is 11.5. The van der Waals surface area contributed by atoms with Crippen molar-refractivity contribution < 1.29 is 4.74 Å². The summed E-state index contributed by atoms with van der Waals surface area (Å²) in [5.41, 5.74) is 7.70. The lowest BCUT2D eigenvalue weighted by atomic mass is 10.2. The summed E-state index contributed by atoms with van der Waals surface area (Å²) in [6.45, 7) is 5.02. The molecule has 1 atom stereocenters. The van der Waals surface area contributed by atoms with Gasteiger partial charge in [-0.3, -0.25) is 0 Å². The lowest BCUT2D eigenvalue weighted by molar-refractivity contribution is 0.244. The summed E-state index contributed by atoms with van der Waals surface area (Å²) in [5.74, 6) is 4.56. The molecule has 0 bridgehead atoms. The van der Waals surface area contributed by atoms with Crippen LogP contribution in [0.1, 0.15) is 13.8 Å². The molecule has 1 aromatic rings. The Balaban J connectivity index is 1.92. The fraction of sp³-hybridized carbons (Fsp3) is 0.571. The maximum atomic E-state index is 5.92. The number of nitrogens with one attached hydrogen (secondary N) is 1. The molecule has 1 aromatic carbocycles. The summed E-state index contributed by atoms with van der Waals surface area (Å²) in [6.07, 6.45) is 0.142. The van der Waals surface area contributed by atoms with Gasteiger partial charge in [0.15, 0.2) is 0 Å². The number of rotatable bonds is 5. The molecule has 0 radical (unpaired) electrons. The number of nitrogens with two attached hydrogens (primary N) is 1. The van der Waals surface area contributed by atoms with E-state index in [0.717, 1.165) is 18.0 Å². The number of hydrogen-bond acceptors (Lipinski definition) is 5. The van der Waals surface area contributed by atoms with Crippen LogP contribution in [0.15, 0.2) is 18.2 Å². The molecule has 3 N–H and O–H groups in total. The molecule has 0 spiro atoms. The molecule has 3 nitrogen and oxygen atoms in total. The second kappa shape index (κ2) is 7.20. The average Bonchev–Trinajstić information content (AvgIpc) is 2.40. The van der Waals surface area contributed by atoms with Gasteiger partial charge in [0.2, 0.25) is 0 Å². The highest BCUT2D eigenvalue weighted by Gasteiger charge is 2.14. The van der Waals surface area contributed by atoms with Crippen molar-refractivity contribution in [1.82, 2.24) is 0 Å². The Kier molecular flexibility index (Phi) is 5.58. The molecule has 19 heavy (non-hydrogen) atoms. The number of anilines is 2. The van der Waals surface area contributed by atoms with Gasteiger partial charge in [0.05, 0.1) is 11.8 Å². The van der Waals surface area contributed by atoms with Gasteiger partial charge in [0.25, 0.3) is 0 Å². The monoisotopic (exact) mass is 298 g/mol. The van der Waals surface area contributed by atoms with E-state index in [-0.39, 0.29) is 6.10 Å². The Bertz CT molecular complexity index is 406. The van der Waals surface area contributed by atoms with E-state index in [9.17, 15) is 0 Å². The highest BCUT2D eigenvalue weighted by atomic mass is 32.2. The minimum Gasteiger partial charge on any atom is -0.489 e. The molecule has 106 valence electrons. The maximum Gasteiger partial charge on any atom is 0.144 e. The number of benzene rings is 1. The van der Waals surface area contributed by atoms with Crippen molar-refractivity contribution in [2.24, 2.45) is 0 Å². The first-order chi connectivity index (χ1) is 9.15. The van der Waals surface area contributed by atoms with Crippen LogP contribution in [-0.2, 0) is 0 Å². The van der Waals surface area contributed by atoms with E-state index in [0.29, 0.717) is 10.9 Å². The molecule has 1 aliphatic rings. The van der Waals surface area contributed by atoms with Crippen LogP contribution in [0, 0.1) is 0 Å². The summed E-state index contributed by atoms with van der Waals surface area (Å²) in [6, 6.07) is 5.92. The van der Waals surface area contributed by atoms with Crippen LogP contribution in [0.2, 0.25) is 0 Å². The first-order valence-corrected chi connectivity index (χ1v) is 8.85. The predicted octanol–water partition coefficient (Wildman–Crippen LogP) is 3.32. The smallest absolute Gasteiger partial charge is 0.144 e. The lowest BCUT2D eigenvalue weighted by Gasteiger charge is -2.22. The zero-order valence-corrected chi connectivity index (χ0v) is 13.2. The number of hydrogen-bond donors (Lipinski definition) is 2. The van der Waals surface area contributed by atoms with E-state index in [2.05, 4.69) is 17.1 Å². The molecule has 2 rings (SSSR count). The topological polar surface area (TPSA) is 47.3 Å². The van der Waals surface area contributed by atoms with Gasteiger partial charge in [-0.2, -0.15) is 23.5 Å². The van der Waals surface area contributed by atoms with Crippen LogP contribution in [0.4, 0.5) is 11.4 Å². The Morgan fingerprint density at radius 1 is 1.42 bits per heavy atom. The minimum absolute atomic E-state index is 0.142. The van der Waals surface area contributed by atoms with Gasteiger partial charge >= 0.3 is 0 Å². The largest absolute Gasteiger partial charge is 0.489 e. The van der Waals surface area contributed by atoms with E-state index in [1.807, 2.05) is 43.8 Å². The van der Waals surface area contributed by atoms with Gasteiger partial charge in [-0.1, -0.05) is 0 Å². The van der Waals surface area contributed by atoms with Crippen molar-refractivity contribution in [1.29, 1.82) is 0 Å². The van der Waals surface area contributed by atoms with Crippen molar-refractivity contribution in [2.75, 3.05) is 34.9 Å². The second-order valence-electron chi connectivity index (χ2n) is 4.87. The Labute approximate surface area is 124 Å². The minimum atomic E-state index is 0.142. The van der Waals surface area contributed by atoms with E-state index in [1.165, 1.54) is 17.3 Å². The van der Waals surface area contributed by atoms with Crippen molar-refractivity contribution in [3.63, 3.8) is 0 Å². The van der Waals surface area contributed by atoms with Crippen LogP contribution in [0.3, 0.4) is 0 Å². The quantitative estimate of drug-likeness (QED) is 0.817. The molecular formula is C14H22N2OS2. The van der Waals surface area contributed by atoms with Crippen molar-refractivity contribution >= 4 is 34.9 Å². The summed E-state index contributed by atoms with van der Waals surface area (Å²) in [4.78, 5) is 0. The van der Waals surface area contributed by atoms with E-state index < -0.39 is 0 Å². The third-order valence-corrected chi connectivity index (χ3v) is 5.64. The third-order valence-electron chi connectivity index (χ3n) is 2.80. The first-order valence-electron chi connectivity index (χ1n) is 6.64. The Hall–Kier alpha value is -0.680. The average molecular weight is 298 g/mol. The van der Waals surface area contributed by atoms with Crippen molar-refractivity contribution in [2.45, 2.75) is 25.2 Å². The number of nitrogen functional groups attached to an aromatic ring is 1. The Morgan fingerprint density at radius 2 is 2.26 bits per heavy atom. The Morgan fingerprint density at radius 3 is 2.95 bits per heavy atom. The highest BCUT2D eigenvalue weighted by Crippen LogP contribution is 2.28. The van der Waals surface area contributed by atoms with Crippen LogP contribution in [0.25, 0.3) is 0 Å². The lowest BCUT2D eigenvalue weighted by Crippen LogP contribution is -2.23. The van der Waals surface area contributed by atoms with Crippen LogP contribution < -0.4 is 15.8 Å². The van der Waals surface area contributed by atoms with Crippen molar-refractivity contribution in [3.8, 4) is 5.75 Å². The van der Waals surface area contributed by atoms with Crippen molar-refractivity contribution in [3.05, 3.63) is 18.2 Å². The van der Waals surface area contributed by atoms with Gasteiger partial charge in [0.1, 0.15) is 5.75 Å². The summed E-state index contributed by atoms with van der Waals surface area (Å²) in [7, 11) is 0. The molecule has 0 aliphatic carbocycles. The van der Waals surface area contributed by atoms with Gasteiger partial charge < -0.3 is 15.8 Å². The maximum absolute atomic E-state index is 5.92.